The van der Waals surface area contributed by atoms with Crippen LogP contribution in [0.5, 0.6) is 0 Å². The molecule has 1 aromatic heterocycles. The Morgan fingerprint density at radius 2 is 2.05 bits per heavy atom. The molecule has 2 heterocycles. The van der Waals surface area contributed by atoms with Crippen LogP contribution >= 0.6 is 0 Å². The van der Waals surface area contributed by atoms with Crippen LogP contribution in [0.15, 0.2) is 12.4 Å². The number of likely N-dealkylation sites (tertiary alicyclic amines) is 1. The van der Waals surface area contributed by atoms with Crippen molar-refractivity contribution in [1.29, 1.82) is 0 Å². The minimum absolute atomic E-state index is 0.00770. The van der Waals surface area contributed by atoms with Crippen LogP contribution in [0.1, 0.15) is 56.9 Å². The lowest BCUT2D eigenvalue weighted by molar-refractivity contribution is 0.0763. The molecule has 0 spiro atoms. The van der Waals surface area contributed by atoms with E-state index in [2.05, 4.69) is 36.1 Å². The highest BCUT2D eigenvalue weighted by atomic mass is 16.2. The first-order valence-corrected chi connectivity index (χ1v) is 7.99. The van der Waals surface area contributed by atoms with Crippen LogP contribution in [0.25, 0.3) is 0 Å². The summed E-state index contributed by atoms with van der Waals surface area (Å²) in [6.07, 6.45) is 7.60. The Hall–Kier alpha value is -1.65. The normalized spacial score (nSPS) is 17.0. The van der Waals surface area contributed by atoms with Gasteiger partial charge >= 0.3 is 0 Å². The maximum absolute atomic E-state index is 12.5. The molecular weight excluding hydrogens is 264 g/mol. The Morgan fingerprint density at radius 3 is 2.57 bits per heavy atom. The molecule has 0 aliphatic carbocycles. The summed E-state index contributed by atoms with van der Waals surface area (Å²) < 4.78 is 0. The Labute approximate surface area is 127 Å². The van der Waals surface area contributed by atoms with Crippen molar-refractivity contribution in [3.05, 3.63) is 18.1 Å². The lowest BCUT2D eigenvalue weighted by Gasteiger charge is -2.26. The summed E-state index contributed by atoms with van der Waals surface area (Å²) in [5.74, 6) is 0.736. The summed E-state index contributed by atoms with van der Waals surface area (Å²) in [7, 11) is 0. The van der Waals surface area contributed by atoms with Gasteiger partial charge in [0.25, 0.3) is 5.91 Å². The molecule has 116 valence electrons. The molecule has 0 bridgehead atoms. The number of hydrogen-bond acceptors (Lipinski definition) is 4. The molecule has 1 aromatic rings. The molecular formula is C16H26N4O. The topological polar surface area (TPSA) is 58.1 Å². The number of nitrogens with one attached hydrogen (secondary N) is 1. The van der Waals surface area contributed by atoms with Crippen LogP contribution in [-0.2, 0) is 0 Å². The number of nitrogens with zero attached hydrogens (tertiary/aromatic N) is 3. The van der Waals surface area contributed by atoms with Gasteiger partial charge in [0, 0.05) is 19.6 Å². The molecule has 1 saturated heterocycles. The Balaban J connectivity index is 2.00. The monoisotopic (exact) mass is 290 g/mol. The average molecular weight is 290 g/mol. The van der Waals surface area contributed by atoms with Gasteiger partial charge in [0.2, 0.25) is 0 Å². The molecule has 1 amide bonds. The van der Waals surface area contributed by atoms with Crippen molar-refractivity contribution in [1.82, 2.24) is 14.9 Å². The van der Waals surface area contributed by atoms with E-state index in [-0.39, 0.29) is 5.91 Å². The lowest BCUT2D eigenvalue weighted by atomic mass is 9.82. The van der Waals surface area contributed by atoms with Gasteiger partial charge in [-0.3, -0.25) is 4.79 Å². The van der Waals surface area contributed by atoms with Gasteiger partial charge in [-0.05, 0) is 31.1 Å². The highest BCUT2D eigenvalue weighted by molar-refractivity contribution is 5.92. The van der Waals surface area contributed by atoms with Gasteiger partial charge in [-0.2, -0.15) is 0 Å². The highest BCUT2D eigenvalue weighted by Gasteiger charge is 2.37. The second-order valence-corrected chi connectivity index (χ2v) is 5.90. The SMILES string of the molecule is CCCNc1cnc(C(=O)N2CCC(CC)(CC)C2)cn1. The van der Waals surface area contributed by atoms with E-state index in [1.54, 1.807) is 12.4 Å². The smallest absolute Gasteiger partial charge is 0.274 e. The summed E-state index contributed by atoms with van der Waals surface area (Å²) >= 11 is 0. The molecule has 1 aliphatic rings. The Morgan fingerprint density at radius 1 is 1.29 bits per heavy atom. The van der Waals surface area contributed by atoms with Crippen LogP contribution in [0.2, 0.25) is 0 Å². The first-order chi connectivity index (χ1) is 10.1. The number of anilines is 1. The first kappa shape index (κ1) is 15.7. The fourth-order valence-electron chi connectivity index (χ4n) is 2.88. The van der Waals surface area contributed by atoms with E-state index in [9.17, 15) is 4.79 Å². The van der Waals surface area contributed by atoms with Gasteiger partial charge in [-0.25, -0.2) is 9.97 Å². The van der Waals surface area contributed by atoms with Gasteiger partial charge < -0.3 is 10.2 Å². The third-order valence-electron chi connectivity index (χ3n) is 4.65. The summed E-state index contributed by atoms with van der Waals surface area (Å²) in [6.45, 7) is 9.06. The predicted molar refractivity (Wildman–Crippen MR) is 84.3 cm³/mol. The predicted octanol–water partition coefficient (Wildman–Crippen LogP) is 2.95. The van der Waals surface area contributed by atoms with Crippen LogP contribution in [-0.4, -0.2) is 40.4 Å². The fraction of sp³-hybridized carbons (Fsp3) is 0.688. The zero-order valence-electron chi connectivity index (χ0n) is 13.4. The van der Waals surface area contributed by atoms with Crippen LogP contribution in [0.4, 0.5) is 5.82 Å². The minimum atomic E-state index is 0.00770. The van der Waals surface area contributed by atoms with E-state index >= 15 is 0 Å². The van der Waals surface area contributed by atoms with Gasteiger partial charge in [0.05, 0.1) is 12.4 Å². The van der Waals surface area contributed by atoms with E-state index in [4.69, 9.17) is 0 Å². The number of rotatable bonds is 6. The van der Waals surface area contributed by atoms with Crippen molar-refractivity contribution in [2.75, 3.05) is 25.0 Å². The van der Waals surface area contributed by atoms with Crippen molar-refractivity contribution in [2.45, 2.75) is 46.5 Å². The van der Waals surface area contributed by atoms with E-state index in [1.807, 2.05) is 4.90 Å². The molecule has 5 nitrogen and oxygen atoms in total. The largest absolute Gasteiger partial charge is 0.369 e. The molecule has 0 unspecified atom stereocenters. The second kappa shape index (κ2) is 6.87. The molecule has 0 aromatic carbocycles. The van der Waals surface area contributed by atoms with Gasteiger partial charge in [0.15, 0.2) is 0 Å². The molecule has 0 saturated carbocycles. The van der Waals surface area contributed by atoms with Gasteiger partial charge in [-0.15, -0.1) is 0 Å². The van der Waals surface area contributed by atoms with Gasteiger partial charge in [0.1, 0.15) is 11.5 Å². The van der Waals surface area contributed by atoms with E-state index in [0.717, 1.165) is 51.1 Å². The van der Waals surface area contributed by atoms with E-state index < -0.39 is 0 Å². The maximum atomic E-state index is 12.5. The zero-order valence-corrected chi connectivity index (χ0v) is 13.4. The third kappa shape index (κ3) is 3.52. The van der Waals surface area contributed by atoms with Crippen molar-refractivity contribution in [2.24, 2.45) is 5.41 Å². The fourth-order valence-corrected chi connectivity index (χ4v) is 2.88. The Bertz CT molecular complexity index is 468. The molecule has 5 heteroatoms. The van der Waals surface area contributed by atoms with Crippen molar-refractivity contribution in [3.8, 4) is 0 Å². The summed E-state index contributed by atoms with van der Waals surface area (Å²) in [5.41, 5.74) is 0.742. The van der Waals surface area contributed by atoms with Crippen molar-refractivity contribution < 1.29 is 4.79 Å². The molecule has 0 radical (unpaired) electrons. The summed E-state index contributed by atoms with van der Waals surface area (Å²) in [5, 5.41) is 3.16. The van der Waals surface area contributed by atoms with Crippen molar-refractivity contribution in [3.63, 3.8) is 0 Å². The standard InChI is InChI=1S/C16H26N4O/c1-4-8-17-14-11-18-13(10-19-14)15(21)20-9-7-16(5-2,6-3)12-20/h10-11H,4-9,12H2,1-3H3,(H,17,19). The molecule has 1 N–H and O–H groups in total. The van der Waals surface area contributed by atoms with Crippen molar-refractivity contribution >= 4 is 11.7 Å². The summed E-state index contributed by atoms with van der Waals surface area (Å²) in [6, 6.07) is 0. The Kier molecular flexibility index (Phi) is 5.15. The number of hydrogen-bond donors (Lipinski definition) is 1. The molecule has 1 aliphatic heterocycles. The number of carbonyl (C=O) groups excluding carboxylic acids is 1. The third-order valence-corrected chi connectivity index (χ3v) is 4.65. The minimum Gasteiger partial charge on any atom is -0.369 e. The molecule has 1 fully saturated rings. The van der Waals surface area contributed by atoms with Gasteiger partial charge in [-0.1, -0.05) is 20.8 Å². The zero-order chi connectivity index (χ0) is 15.3. The molecule has 0 atom stereocenters. The highest BCUT2D eigenvalue weighted by Crippen LogP contribution is 2.37. The average Bonchev–Trinajstić information content (AvgIpc) is 2.98. The van der Waals surface area contributed by atoms with E-state index in [0.29, 0.717) is 11.1 Å². The first-order valence-electron chi connectivity index (χ1n) is 7.99. The quantitative estimate of drug-likeness (QED) is 0.875. The van der Waals surface area contributed by atoms with E-state index in [1.165, 1.54) is 0 Å². The van der Waals surface area contributed by atoms with Crippen LogP contribution < -0.4 is 5.32 Å². The second-order valence-electron chi connectivity index (χ2n) is 5.90. The number of aromatic nitrogens is 2. The molecule has 21 heavy (non-hydrogen) atoms. The maximum Gasteiger partial charge on any atom is 0.274 e. The number of amides is 1. The lowest BCUT2D eigenvalue weighted by Crippen LogP contribution is -2.32. The molecule has 2 rings (SSSR count). The number of carbonyl (C=O) groups is 1. The van der Waals surface area contributed by atoms with Crippen LogP contribution in [0, 0.1) is 5.41 Å². The van der Waals surface area contributed by atoms with Crippen LogP contribution in [0.3, 0.4) is 0 Å². The summed E-state index contributed by atoms with van der Waals surface area (Å²) in [4.78, 5) is 22.9.